The molecule has 0 aliphatic rings. The number of nitrogens with two attached hydrogens (primary N) is 1. The van der Waals surface area contributed by atoms with Crippen LogP contribution in [-0.2, 0) is 13.5 Å². The quantitative estimate of drug-likeness (QED) is 0.768. The van der Waals surface area contributed by atoms with Crippen LogP contribution in [0.3, 0.4) is 0 Å². The second kappa shape index (κ2) is 4.78. The molecule has 0 unspecified atom stereocenters. The summed E-state index contributed by atoms with van der Waals surface area (Å²) in [4.78, 5) is 13.4. The molecule has 1 aromatic carbocycles. The van der Waals surface area contributed by atoms with Crippen molar-refractivity contribution in [2.45, 2.75) is 6.42 Å². The second-order valence-corrected chi connectivity index (χ2v) is 4.41. The van der Waals surface area contributed by atoms with Gasteiger partial charge in [-0.3, -0.25) is 4.98 Å². The summed E-state index contributed by atoms with van der Waals surface area (Å²) in [6.07, 6.45) is 4.27. The van der Waals surface area contributed by atoms with E-state index in [2.05, 4.69) is 15.0 Å². The summed E-state index contributed by atoms with van der Waals surface area (Å²) >= 11 is 0. The smallest absolute Gasteiger partial charge is 0.161 e. The van der Waals surface area contributed by atoms with Gasteiger partial charge in [-0.1, -0.05) is 12.1 Å². The van der Waals surface area contributed by atoms with Crippen LogP contribution < -0.4 is 5.73 Å². The van der Waals surface area contributed by atoms with Gasteiger partial charge in [-0.25, -0.2) is 9.97 Å². The van der Waals surface area contributed by atoms with E-state index in [9.17, 15) is 0 Å². The summed E-state index contributed by atoms with van der Waals surface area (Å²) in [5.41, 5.74) is 9.24. The number of aryl methyl sites for hydroxylation is 1. The van der Waals surface area contributed by atoms with Crippen LogP contribution in [-0.4, -0.2) is 26.1 Å². The number of rotatable bonds is 3. The molecule has 2 aromatic heterocycles. The number of benzene rings is 1. The lowest BCUT2D eigenvalue weighted by molar-refractivity contribution is 0.899. The lowest BCUT2D eigenvalue weighted by Gasteiger charge is -2.02. The highest BCUT2D eigenvalue weighted by Crippen LogP contribution is 2.21. The maximum Gasteiger partial charge on any atom is 0.161 e. The molecule has 3 aromatic rings. The normalized spacial score (nSPS) is 11.1. The van der Waals surface area contributed by atoms with Crippen LogP contribution in [0.4, 0.5) is 0 Å². The average molecular weight is 253 g/mol. The van der Waals surface area contributed by atoms with Crippen LogP contribution in [0, 0.1) is 0 Å². The molecule has 0 saturated carbocycles. The van der Waals surface area contributed by atoms with E-state index in [0.717, 1.165) is 34.7 Å². The standard InChI is InChI=1S/C14H15N5/c1-19-13-5-3-2-4-11(13)18-14(19)12-9-16-10(6-7-15)8-17-12/h2-5,8-9H,6-7,15H2,1H3. The zero-order chi connectivity index (χ0) is 13.2. The van der Waals surface area contributed by atoms with E-state index in [1.54, 1.807) is 12.4 Å². The van der Waals surface area contributed by atoms with Gasteiger partial charge < -0.3 is 10.3 Å². The zero-order valence-electron chi connectivity index (χ0n) is 10.7. The molecule has 19 heavy (non-hydrogen) atoms. The first kappa shape index (κ1) is 11.8. The monoisotopic (exact) mass is 253 g/mol. The Morgan fingerprint density at radius 1 is 1.16 bits per heavy atom. The Labute approximate surface area is 111 Å². The van der Waals surface area contributed by atoms with E-state index >= 15 is 0 Å². The van der Waals surface area contributed by atoms with Crippen molar-refractivity contribution < 1.29 is 0 Å². The van der Waals surface area contributed by atoms with Crippen molar-refractivity contribution in [2.24, 2.45) is 12.8 Å². The van der Waals surface area contributed by atoms with E-state index in [0.29, 0.717) is 6.54 Å². The molecule has 0 amide bonds. The maximum atomic E-state index is 5.50. The van der Waals surface area contributed by atoms with Crippen LogP contribution in [0.2, 0.25) is 0 Å². The van der Waals surface area contributed by atoms with E-state index in [-0.39, 0.29) is 0 Å². The van der Waals surface area contributed by atoms with Crippen molar-refractivity contribution in [2.75, 3.05) is 6.54 Å². The van der Waals surface area contributed by atoms with Crippen LogP contribution in [0.5, 0.6) is 0 Å². The molecular formula is C14H15N5. The maximum absolute atomic E-state index is 5.50. The van der Waals surface area contributed by atoms with Crippen molar-refractivity contribution in [3.05, 3.63) is 42.4 Å². The summed E-state index contributed by atoms with van der Waals surface area (Å²) in [6.45, 7) is 0.584. The van der Waals surface area contributed by atoms with Crippen molar-refractivity contribution in [1.29, 1.82) is 0 Å². The molecule has 0 radical (unpaired) electrons. The summed E-state index contributed by atoms with van der Waals surface area (Å²) in [5, 5.41) is 0. The first-order valence-corrected chi connectivity index (χ1v) is 6.22. The molecule has 0 aliphatic carbocycles. The first-order valence-electron chi connectivity index (χ1n) is 6.22. The lowest BCUT2D eigenvalue weighted by Crippen LogP contribution is -2.05. The summed E-state index contributed by atoms with van der Waals surface area (Å²) in [5.74, 6) is 0.827. The molecule has 2 N–H and O–H groups in total. The van der Waals surface area contributed by atoms with Gasteiger partial charge in [-0.2, -0.15) is 0 Å². The van der Waals surface area contributed by atoms with Crippen molar-refractivity contribution in [3.8, 4) is 11.5 Å². The van der Waals surface area contributed by atoms with Crippen LogP contribution in [0.15, 0.2) is 36.7 Å². The van der Waals surface area contributed by atoms with Gasteiger partial charge in [0.1, 0.15) is 5.69 Å². The molecule has 0 spiro atoms. The molecule has 5 nitrogen and oxygen atoms in total. The van der Waals surface area contributed by atoms with Crippen molar-refractivity contribution in [3.63, 3.8) is 0 Å². The molecular weight excluding hydrogens is 238 g/mol. The highest BCUT2D eigenvalue weighted by Gasteiger charge is 2.10. The predicted octanol–water partition coefficient (Wildman–Crippen LogP) is 1.53. The van der Waals surface area contributed by atoms with Gasteiger partial charge in [0, 0.05) is 19.7 Å². The molecule has 0 aliphatic heterocycles. The Morgan fingerprint density at radius 2 is 2.00 bits per heavy atom. The van der Waals surface area contributed by atoms with E-state index in [4.69, 9.17) is 5.73 Å². The van der Waals surface area contributed by atoms with E-state index in [1.165, 1.54) is 0 Å². The third kappa shape index (κ3) is 2.08. The van der Waals surface area contributed by atoms with Gasteiger partial charge in [-0.05, 0) is 18.7 Å². The molecule has 5 heteroatoms. The molecule has 3 rings (SSSR count). The zero-order valence-corrected chi connectivity index (χ0v) is 10.7. The fourth-order valence-corrected chi connectivity index (χ4v) is 2.12. The van der Waals surface area contributed by atoms with Gasteiger partial charge >= 0.3 is 0 Å². The molecule has 0 atom stereocenters. The minimum absolute atomic E-state index is 0.584. The molecule has 96 valence electrons. The van der Waals surface area contributed by atoms with Crippen LogP contribution in [0.1, 0.15) is 5.69 Å². The summed E-state index contributed by atoms with van der Waals surface area (Å²) in [6, 6.07) is 8.02. The Morgan fingerprint density at radius 3 is 2.68 bits per heavy atom. The summed E-state index contributed by atoms with van der Waals surface area (Å²) in [7, 11) is 1.99. The van der Waals surface area contributed by atoms with Gasteiger partial charge in [0.2, 0.25) is 0 Å². The first-order chi connectivity index (χ1) is 9.29. The Kier molecular flexibility index (Phi) is 2.97. The van der Waals surface area contributed by atoms with E-state index in [1.807, 2.05) is 35.9 Å². The van der Waals surface area contributed by atoms with Gasteiger partial charge in [0.15, 0.2) is 5.82 Å². The largest absolute Gasteiger partial charge is 0.330 e. The second-order valence-electron chi connectivity index (χ2n) is 4.41. The number of nitrogens with zero attached hydrogens (tertiary/aromatic N) is 4. The number of fused-ring (bicyclic) bond motifs is 1. The average Bonchev–Trinajstić information content (AvgIpc) is 2.78. The Hall–Kier alpha value is -2.27. The minimum Gasteiger partial charge on any atom is -0.330 e. The number of aromatic nitrogens is 4. The fraction of sp³-hybridized carbons (Fsp3) is 0.214. The molecule has 0 bridgehead atoms. The number of hydrogen-bond acceptors (Lipinski definition) is 4. The third-order valence-corrected chi connectivity index (χ3v) is 3.12. The van der Waals surface area contributed by atoms with Crippen LogP contribution >= 0.6 is 0 Å². The topological polar surface area (TPSA) is 69.6 Å². The fourth-order valence-electron chi connectivity index (χ4n) is 2.12. The number of hydrogen-bond donors (Lipinski definition) is 1. The van der Waals surface area contributed by atoms with Gasteiger partial charge in [0.25, 0.3) is 0 Å². The van der Waals surface area contributed by atoms with Crippen molar-refractivity contribution in [1.82, 2.24) is 19.5 Å². The summed E-state index contributed by atoms with van der Waals surface area (Å²) < 4.78 is 2.03. The lowest BCUT2D eigenvalue weighted by atomic mass is 10.3. The third-order valence-electron chi connectivity index (χ3n) is 3.12. The van der Waals surface area contributed by atoms with Gasteiger partial charge in [-0.15, -0.1) is 0 Å². The van der Waals surface area contributed by atoms with Crippen molar-refractivity contribution >= 4 is 11.0 Å². The molecule has 2 heterocycles. The van der Waals surface area contributed by atoms with E-state index < -0.39 is 0 Å². The predicted molar refractivity (Wildman–Crippen MR) is 74.5 cm³/mol. The SMILES string of the molecule is Cn1c(-c2cnc(CCN)cn2)nc2ccccc21. The molecule has 0 saturated heterocycles. The Balaban J connectivity index is 2.06. The number of para-hydroxylation sites is 2. The van der Waals surface area contributed by atoms with Crippen LogP contribution in [0.25, 0.3) is 22.6 Å². The Bertz CT molecular complexity index is 699. The minimum atomic E-state index is 0.584. The highest BCUT2D eigenvalue weighted by molar-refractivity contribution is 5.79. The highest BCUT2D eigenvalue weighted by atomic mass is 15.1. The molecule has 0 fully saturated rings. The number of imidazole rings is 1. The van der Waals surface area contributed by atoms with Gasteiger partial charge in [0.05, 0.1) is 22.9 Å².